The normalized spacial score (nSPS) is 11.7. The zero-order chi connectivity index (χ0) is 18.1. The van der Waals surface area contributed by atoms with E-state index in [0.29, 0.717) is 13.3 Å². The molecule has 0 saturated carbocycles. The van der Waals surface area contributed by atoms with E-state index in [9.17, 15) is 0 Å². The molecule has 5 nitrogen and oxygen atoms in total. The van der Waals surface area contributed by atoms with Crippen molar-refractivity contribution in [3.8, 4) is 5.75 Å². The molecule has 0 aliphatic carbocycles. The fourth-order valence-corrected chi connectivity index (χ4v) is 4.39. The van der Waals surface area contributed by atoms with E-state index in [4.69, 9.17) is 22.1 Å². The fraction of sp³-hybridized carbons (Fsp3) is 0.263. The zero-order valence-electron chi connectivity index (χ0n) is 14.8. The Morgan fingerprint density at radius 2 is 1.92 bits per heavy atom. The molecule has 7 heteroatoms. The van der Waals surface area contributed by atoms with Crippen molar-refractivity contribution in [1.29, 1.82) is 0 Å². The minimum atomic E-state index is 0.648. The highest BCUT2D eigenvalue weighted by molar-refractivity contribution is 7.71. The van der Waals surface area contributed by atoms with Crippen LogP contribution in [-0.4, -0.2) is 32.7 Å². The second-order valence-corrected chi connectivity index (χ2v) is 7.58. The molecule has 4 aromatic rings. The van der Waals surface area contributed by atoms with Gasteiger partial charge in [0.25, 0.3) is 0 Å². The Morgan fingerprint density at radius 1 is 1.15 bits per heavy atom. The van der Waals surface area contributed by atoms with Crippen LogP contribution < -0.4 is 4.74 Å². The van der Waals surface area contributed by atoms with Gasteiger partial charge in [0, 0.05) is 6.54 Å². The quantitative estimate of drug-likeness (QED) is 0.456. The Balaban J connectivity index is 1.53. The maximum absolute atomic E-state index is 5.66. The summed E-state index contributed by atoms with van der Waals surface area (Å²) in [6.07, 6.45) is 0. The summed E-state index contributed by atoms with van der Waals surface area (Å²) in [7, 11) is 2.07. The van der Waals surface area contributed by atoms with Crippen LogP contribution in [0.15, 0.2) is 48.5 Å². The number of nitrogens with zero attached hydrogens (tertiary/aromatic N) is 4. The second kappa shape index (κ2) is 7.19. The number of thiazole rings is 1. The smallest absolute Gasteiger partial charge is 0.216 e. The molecule has 2 aromatic heterocycles. The highest BCUT2D eigenvalue weighted by atomic mass is 32.1. The lowest BCUT2D eigenvalue weighted by Crippen LogP contribution is -2.22. The summed E-state index contributed by atoms with van der Waals surface area (Å²) in [5.41, 5.74) is 2.35. The van der Waals surface area contributed by atoms with E-state index in [1.807, 2.05) is 35.9 Å². The monoisotopic (exact) mass is 384 g/mol. The van der Waals surface area contributed by atoms with E-state index in [-0.39, 0.29) is 0 Å². The number of rotatable bonds is 6. The summed E-state index contributed by atoms with van der Waals surface area (Å²) in [5.74, 6) is 0.905. The average Bonchev–Trinajstić information content (AvgIpc) is 3.14. The van der Waals surface area contributed by atoms with Crippen molar-refractivity contribution in [2.75, 3.05) is 13.7 Å². The molecular formula is C19H20N4OS2. The maximum Gasteiger partial charge on any atom is 0.216 e. The van der Waals surface area contributed by atoms with Gasteiger partial charge in [-0.3, -0.25) is 9.30 Å². The number of hydrogen-bond acceptors (Lipinski definition) is 5. The molecule has 0 saturated heterocycles. The Morgan fingerprint density at radius 3 is 2.69 bits per heavy atom. The first-order valence-electron chi connectivity index (χ1n) is 8.53. The molecule has 4 rings (SSSR count). The molecule has 0 unspecified atom stereocenters. The number of fused-ring (bicyclic) bond motifs is 3. The molecule has 0 amide bonds. The van der Waals surface area contributed by atoms with Crippen molar-refractivity contribution in [3.63, 3.8) is 0 Å². The van der Waals surface area contributed by atoms with Gasteiger partial charge in [0.15, 0.2) is 0 Å². The Bertz CT molecular complexity index is 1090. The van der Waals surface area contributed by atoms with Gasteiger partial charge in [0.05, 0.1) is 23.5 Å². The molecule has 2 aromatic carbocycles. The van der Waals surface area contributed by atoms with Crippen LogP contribution >= 0.6 is 23.6 Å². The number of aromatic nitrogens is 3. The largest absolute Gasteiger partial charge is 0.494 e. The summed E-state index contributed by atoms with van der Waals surface area (Å²) in [6.45, 7) is 4.14. The highest BCUT2D eigenvalue weighted by Gasteiger charge is 2.12. The molecule has 0 N–H and O–H groups in total. The first-order chi connectivity index (χ1) is 12.7. The third-order valence-corrected chi connectivity index (χ3v) is 5.58. The maximum atomic E-state index is 5.66. The van der Waals surface area contributed by atoms with Crippen LogP contribution in [0.1, 0.15) is 12.5 Å². The molecule has 0 spiro atoms. The van der Waals surface area contributed by atoms with Crippen LogP contribution in [0.5, 0.6) is 5.75 Å². The van der Waals surface area contributed by atoms with Crippen LogP contribution in [0.3, 0.4) is 0 Å². The first-order valence-corrected chi connectivity index (χ1v) is 9.75. The Kier molecular flexibility index (Phi) is 4.76. The Hall–Kier alpha value is -2.22. The van der Waals surface area contributed by atoms with E-state index >= 15 is 0 Å². The first kappa shape index (κ1) is 17.2. The summed E-state index contributed by atoms with van der Waals surface area (Å²) in [4.78, 5) is 3.13. The van der Waals surface area contributed by atoms with Gasteiger partial charge in [-0.05, 0) is 56.0 Å². The number of benzene rings is 2. The van der Waals surface area contributed by atoms with E-state index in [1.165, 1.54) is 10.3 Å². The molecule has 2 heterocycles. The van der Waals surface area contributed by atoms with Crippen molar-refractivity contribution < 1.29 is 4.74 Å². The molecule has 0 bridgehead atoms. The number of hydrogen-bond donors (Lipinski definition) is 0. The standard InChI is InChI=1S/C19H20N4OS2/c1-3-24-15-10-8-14(9-11-15)12-21(2)13-22-19(25)23-16-6-4-5-7-17(16)26-18(23)20-22/h4-11H,3,12-13H2,1-2H3. The van der Waals surface area contributed by atoms with Crippen LogP contribution in [0.4, 0.5) is 0 Å². The van der Waals surface area contributed by atoms with Gasteiger partial charge < -0.3 is 4.74 Å². The predicted octanol–water partition coefficient (Wildman–Crippen LogP) is 4.57. The minimum absolute atomic E-state index is 0.648. The van der Waals surface area contributed by atoms with E-state index in [0.717, 1.165) is 27.5 Å². The lowest BCUT2D eigenvalue weighted by atomic mass is 10.2. The molecule has 0 aliphatic heterocycles. The Labute approximate surface area is 161 Å². The van der Waals surface area contributed by atoms with Crippen molar-refractivity contribution in [2.24, 2.45) is 0 Å². The van der Waals surface area contributed by atoms with Gasteiger partial charge >= 0.3 is 0 Å². The van der Waals surface area contributed by atoms with E-state index in [1.54, 1.807) is 11.3 Å². The molecule has 0 aliphatic rings. The molecule has 0 atom stereocenters. The van der Waals surface area contributed by atoms with Crippen molar-refractivity contribution in [3.05, 3.63) is 58.9 Å². The molecular weight excluding hydrogens is 364 g/mol. The number of ether oxygens (including phenoxy) is 1. The predicted molar refractivity (Wildman–Crippen MR) is 108 cm³/mol. The summed E-state index contributed by atoms with van der Waals surface area (Å²) < 4.78 is 11.4. The summed E-state index contributed by atoms with van der Waals surface area (Å²) in [5, 5.41) is 4.70. The summed E-state index contributed by atoms with van der Waals surface area (Å²) >= 11 is 7.33. The molecule has 0 fully saturated rings. The van der Waals surface area contributed by atoms with E-state index < -0.39 is 0 Å². The van der Waals surface area contributed by atoms with Crippen molar-refractivity contribution in [1.82, 2.24) is 19.1 Å². The summed E-state index contributed by atoms with van der Waals surface area (Å²) in [6, 6.07) is 16.5. The van der Waals surface area contributed by atoms with Crippen molar-refractivity contribution >= 4 is 38.7 Å². The van der Waals surface area contributed by atoms with Crippen molar-refractivity contribution in [2.45, 2.75) is 20.1 Å². The third kappa shape index (κ3) is 3.25. The lowest BCUT2D eigenvalue weighted by Gasteiger charge is -2.16. The zero-order valence-corrected chi connectivity index (χ0v) is 16.4. The SMILES string of the molecule is CCOc1ccc(CN(C)Cn2nc3sc4ccccc4n3c2=S)cc1. The van der Waals surface area contributed by atoms with Gasteiger partial charge in [-0.15, -0.1) is 5.10 Å². The van der Waals surface area contributed by atoms with Gasteiger partial charge in [0.1, 0.15) is 5.75 Å². The van der Waals surface area contributed by atoms with Gasteiger partial charge in [-0.1, -0.05) is 35.6 Å². The molecule has 0 radical (unpaired) electrons. The second-order valence-electron chi connectivity index (χ2n) is 6.20. The topological polar surface area (TPSA) is 34.7 Å². The van der Waals surface area contributed by atoms with Crippen LogP contribution in [0.2, 0.25) is 0 Å². The average molecular weight is 385 g/mol. The third-order valence-electron chi connectivity index (χ3n) is 4.18. The van der Waals surface area contributed by atoms with Crippen LogP contribution in [0.25, 0.3) is 15.2 Å². The minimum Gasteiger partial charge on any atom is -0.494 e. The number of para-hydroxylation sites is 1. The van der Waals surface area contributed by atoms with E-state index in [2.05, 4.69) is 40.6 Å². The van der Waals surface area contributed by atoms with Gasteiger partial charge in [0.2, 0.25) is 9.73 Å². The van der Waals surface area contributed by atoms with Crippen LogP contribution in [-0.2, 0) is 13.2 Å². The van der Waals surface area contributed by atoms with Crippen LogP contribution in [0, 0.1) is 4.77 Å². The highest BCUT2D eigenvalue weighted by Crippen LogP contribution is 2.25. The molecule has 134 valence electrons. The fourth-order valence-electron chi connectivity index (χ4n) is 3.03. The lowest BCUT2D eigenvalue weighted by molar-refractivity contribution is 0.244. The van der Waals surface area contributed by atoms with Gasteiger partial charge in [-0.25, -0.2) is 4.68 Å². The molecule has 26 heavy (non-hydrogen) atoms. The van der Waals surface area contributed by atoms with Gasteiger partial charge in [-0.2, -0.15) is 0 Å².